The molecule has 0 aromatic heterocycles. The van der Waals surface area contributed by atoms with Crippen LogP contribution in [-0.4, -0.2) is 60.9 Å². The van der Waals surface area contributed by atoms with Crippen molar-refractivity contribution in [2.75, 3.05) is 33.2 Å². The number of benzene rings is 1. The van der Waals surface area contributed by atoms with Gasteiger partial charge in [-0.25, -0.2) is 4.79 Å². The van der Waals surface area contributed by atoms with E-state index in [0.29, 0.717) is 11.5 Å². The first-order valence-corrected chi connectivity index (χ1v) is 9.19. The summed E-state index contributed by atoms with van der Waals surface area (Å²) in [6.07, 6.45) is 3.23. The number of amides is 4. The molecule has 0 unspecified atom stereocenters. The van der Waals surface area contributed by atoms with Gasteiger partial charge in [-0.1, -0.05) is 12.1 Å². The number of imide groups is 1. The summed E-state index contributed by atoms with van der Waals surface area (Å²) >= 11 is 0. The molecule has 0 spiro atoms. The van der Waals surface area contributed by atoms with Gasteiger partial charge in [-0.3, -0.25) is 14.5 Å². The van der Waals surface area contributed by atoms with Gasteiger partial charge in [0.05, 0.1) is 13.1 Å². The van der Waals surface area contributed by atoms with Gasteiger partial charge in [0.2, 0.25) is 5.91 Å². The van der Waals surface area contributed by atoms with Gasteiger partial charge in [-0.05, 0) is 56.5 Å². The Morgan fingerprint density at radius 2 is 2.04 bits per heavy atom. The molecule has 4 amide bonds. The molecule has 26 heavy (non-hydrogen) atoms. The second kappa shape index (κ2) is 8.31. The Bertz CT molecular complexity index is 667. The number of carbonyl (C=O) groups is 3. The third-order valence-electron chi connectivity index (χ3n) is 5.16. The molecule has 7 heteroatoms. The largest absolute Gasteiger partial charge is 0.339 e. The van der Waals surface area contributed by atoms with Crippen LogP contribution in [0.5, 0.6) is 0 Å². The van der Waals surface area contributed by atoms with Crippen LogP contribution in [0.25, 0.3) is 0 Å². The van der Waals surface area contributed by atoms with E-state index in [4.69, 9.17) is 0 Å². The van der Waals surface area contributed by atoms with Crippen molar-refractivity contribution in [1.82, 2.24) is 20.4 Å². The second-order valence-electron chi connectivity index (χ2n) is 6.97. The van der Waals surface area contributed by atoms with E-state index in [9.17, 15) is 14.4 Å². The lowest BCUT2D eigenvalue weighted by molar-refractivity contribution is -0.125. The van der Waals surface area contributed by atoms with Gasteiger partial charge in [-0.2, -0.15) is 0 Å². The van der Waals surface area contributed by atoms with Crippen molar-refractivity contribution >= 4 is 17.8 Å². The van der Waals surface area contributed by atoms with Gasteiger partial charge >= 0.3 is 6.03 Å². The summed E-state index contributed by atoms with van der Waals surface area (Å²) < 4.78 is 0. The van der Waals surface area contributed by atoms with Crippen molar-refractivity contribution < 1.29 is 14.4 Å². The number of piperidine rings is 1. The number of likely N-dealkylation sites (tertiary alicyclic amines) is 1. The highest BCUT2D eigenvalue weighted by Gasteiger charge is 2.29. The van der Waals surface area contributed by atoms with E-state index in [2.05, 4.69) is 10.6 Å². The molecular weight excluding hydrogens is 332 g/mol. The molecule has 0 aliphatic carbocycles. The van der Waals surface area contributed by atoms with E-state index in [0.717, 1.165) is 44.5 Å². The summed E-state index contributed by atoms with van der Waals surface area (Å²) in [6, 6.07) is 6.84. The first-order valence-electron chi connectivity index (χ1n) is 9.19. The fraction of sp³-hybridized carbons (Fsp3) is 0.526. The first-order chi connectivity index (χ1) is 12.6. The van der Waals surface area contributed by atoms with E-state index in [1.165, 1.54) is 4.90 Å². The molecule has 2 aliphatic rings. The molecule has 0 bridgehead atoms. The zero-order valence-corrected chi connectivity index (χ0v) is 15.2. The number of hydrogen-bond donors (Lipinski definition) is 2. The second-order valence-corrected chi connectivity index (χ2v) is 6.97. The average Bonchev–Trinajstić information content (AvgIpc) is 2.98. The molecule has 2 saturated heterocycles. The lowest BCUT2D eigenvalue weighted by Gasteiger charge is -2.32. The van der Waals surface area contributed by atoms with Crippen molar-refractivity contribution in [2.45, 2.75) is 25.8 Å². The Morgan fingerprint density at radius 1 is 1.27 bits per heavy atom. The third kappa shape index (κ3) is 4.22. The van der Waals surface area contributed by atoms with Gasteiger partial charge in [0.1, 0.15) is 0 Å². The van der Waals surface area contributed by atoms with Crippen LogP contribution in [0.2, 0.25) is 0 Å². The Hall–Kier alpha value is -2.41. The Kier molecular flexibility index (Phi) is 5.88. The molecule has 7 nitrogen and oxygen atoms in total. The molecule has 140 valence electrons. The van der Waals surface area contributed by atoms with Crippen molar-refractivity contribution in [3.63, 3.8) is 0 Å². The zero-order chi connectivity index (χ0) is 18.5. The topological polar surface area (TPSA) is 81.8 Å². The molecular formula is C19H26N4O3. The average molecular weight is 358 g/mol. The van der Waals surface area contributed by atoms with E-state index in [1.807, 2.05) is 18.0 Å². The number of hydrogen-bond acceptors (Lipinski definition) is 4. The normalized spacial score (nSPS) is 18.3. The fourth-order valence-electron chi connectivity index (χ4n) is 3.56. The minimum atomic E-state index is -0.379. The summed E-state index contributed by atoms with van der Waals surface area (Å²) in [7, 11) is 1.96. The van der Waals surface area contributed by atoms with E-state index < -0.39 is 0 Å². The van der Waals surface area contributed by atoms with Crippen LogP contribution in [0.3, 0.4) is 0 Å². The molecule has 3 rings (SSSR count). The zero-order valence-electron chi connectivity index (χ0n) is 15.2. The fourth-order valence-corrected chi connectivity index (χ4v) is 3.56. The Labute approximate surface area is 153 Å². The lowest BCUT2D eigenvalue weighted by Crippen LogP contribution is -2.39. The smallest absolute Gasteiger partial charge is 0.324 e. The molecule has 2 heterocycles. The minimum Gasteiger partial charge on any atom is -0.339 e. The predicted molar refractivity (Wildman–Crippen MR) is 97.6 cm³/mol. The summed E-state index contributed by atoms with van der Waals surface area (Å²) in [5.74, 6) is 0.462. The molecule has 0 radical (unpaired) electrons. The Balaban J connectivity index is 1.60. The molecule has 2 fully saturated rings. The highest BCUT2D eigenvalue weighted by atomic mass is 16.2. The highest BCUT2D eigenvalue weighted by Crippen LogP contribution is 2.22. The van der Waals surface area contributed by atoms with E-state index in [1.54, 1.807) is 18.2 Å². The van der Waals surface area contributed by atoms with Crippen LogP contribution < -0.4 is 10.6 Å². The van der Waals surface area contributed by atoms with Crippen molar-refractivity contribution in [2.24, 2.45) is 5.92 Å². The maximum Gasteiger partial charge on any atom is 0.324 e. The molecule has 1 aromatic rings. The summed E-state index contributed by atoms with van der Waals surface area (Å²) in [5.41, 5.74) is 1.40. The van der Waals surface area contributed by atoms with Gasteiger partial charge in [0.15, 0.2) is 0 Å². The predicted octanol–water partition coefficient (Wildman–Crippen LogP) is 1.20. The molecule has 0 saturated carbocycles. The summed E-state index contributed by atoms with van der Waals surface area (Å²) in [4.78, 5) is 39.3. The maximum absolute atomic E-state index is 12.8. The number of nitrogens with one attached hydrogen (secondary N) is 2. The third-order valence-corrected chi connectivity index (χ3v) is 5.16. The van der Waals surface area contributed by atoms with E-state index in [-0.39, 0.29) is 30.9 Å². The summed E-state index contributed by atoms with van der Waals surface area (Å²) in [5, 5.41) is 5.68. The van der Waals surface area contributed by atoms with Gasteiger partial charge in [0, 0.05) is 18.7 Å². The number of urea groups is 1. The Morgan fingerprint density at radius 3 is 2.69 bits per heavy atom. The van der Waals surface area contributed by atoms with Crippen molar-refractivity contribution in [1.29, 1.82) is 0 Å². The van der Waals surface area contributed by atoms with Crippen molar-refractivity contribution in [3.8, 4) is 0 Å². The minimum absolute atomic E-state index is 0.0242. The molecule has 1 aromatic carbocycles. The van der Waals surface area contributed by atoms with Crippen LogP contribution >= 0.6 is 0 Å². The molecule has 0 atom stereocenters. The maximum atomic E-state index is 12.8. The molecule has 2 N–H and O–H groups in total. The van der Waals surface area contributed by atoms with Crippen LogP contribution in [0.1, 0.15) is 35.2 Å². The van der Waals surface area contributed by atoms with Gasteiger partial charge in [-0.15, -0.1) is 0 Å². The van der Waals surface area contributed by atoms with Crippen LogP contribution in [0, 0.1) is 5.92 Å². The quantitative estimate of drug-likeness (QED) is 0.749. The lowest BCUT2D eigenvalue weighted by atomic mass is 9.93. The number of rotatable bonds is 6. The molecule has 2 aliphatic heterocycles. The monoisotopic (exact) mass is 358 g/mol. The van der Waals surface area contributed by atoms with Crippen LogP contribution in [0.15, 0.2) is 24.3 Å². The van der Waals surface area contributed by atoms with E-state index >= 15 is 0 Å². The number of carbonyl (C=O) groups excluding carboxylic acids is 3. The SMILES string of the molecule is CNCCC1CCN(C(=O)c2cccc(CN3C(=O)CNC3=O)c2)CC1. The van der Waals surface area contributed by atoms with Crippen molar-refractivity contribution in [3.05, 3.63) is 35.4 Å². The standard InChI is InChI=1S/C19H26N4O3/c1-20-8-5-14-6-9-22(10-7-14)18(25)16-4-2-3-15(11-16)13-23-17(24)12-21-19(23)26/h2-4,11,14,20H,5-10,12-13H2,1H3,(H,21,26). The van der Waals surface area contributed by atoms with Crippen LogP contribution in [0.4, 0.5) is 4.79 Å². The summed E-state index contributed by atoms with van der Waals surface area (Å²) in [6.45, 7) is 2.82. The van der Waals surface area contributed by atoms with Gasteiger partial charge < -0.3 is 15.5 Å². The first kappa shape index (κ1) is 18.4. The van der Waals surface area contributed by atoms with Gasteiger partial charge in [0.25, 0.3) is 5.91 Å². The number of nitrogens with zero attached hydrogens (tertiary/aromatic N) is 2. The highest BCUT2D eigenvalue weighted by molar-refractivity contribution is 6.02. The van der Waals surface area contributed by atoms with Crippen LogP contribution in [-0.2, 0) is 11.3 Å².